The third kappa shape index (κ3) is 2.55. The number of aliphatic hydroxyl groups is 1. The molecule has 1 atom stereocenters. The summed E-state index contributed by atoms with van der Waals surface area (Å²) >= 11 is 0. The van der Waals surface area contributed by atoms with E-state index < -0.39 is 5.97 Å². The molecule has 4 heteroatoms. The van der Waals surface area contributed by atoms with Crippen LogP contribution in [0.5, 0.6) is 0 Å². The van der Waals surface area contributed by atoms with Crippen LogP contribution in [0.2, 0.25) is 0 Å². The predicted octanol–water partition coefficient (Wildman–Crippen LogP) is 0.944. The van der Waals surface area contributed by atoms with Crippen LogP contribution >= 0.6 is 0 Å². The highest BCUT2D eigenvalue weighted by atomic mass is 16.4. The van der Waals surface area contributed by atoms with Crippen molar-refractivity contribution >= 4 is 5.97 Å². The minimum Gasteiger partial charge on any atom is -0.481 e. The summed E-state index contributed by atoms with van der Waals surface area (Å²) in [6, 6.07) is 0.562. The minimum absolute atomic E-state index is 0.118. The van der Waals surface area contributed by atoms with Gasteiger partial charge in [-0.1, -0.05) is 0 Å². The molecule has 0 spiro atoms. The number of aliphatic carboxylic acids is 1. The molecule has 1 saturated carbocycles. The van der Waals surface area contributed by atoms with Gasteiger partial charge in [0.1, 0.15) is 0 Å². The number of carboxylic acids is 1. The fourth-order valence-corrected chi connectivity index (χ4v) is 3.03. The molecule has 0 bridgehead atoms. The van der Waals surface area contributed by atoms with Crippen LogP contribution in [-0.2, 0) is 4.79 Å². The number of likely N-dealkylation sites (tertiary alicyclic amines) is 1. The lowest BCUT2D eigenvalue weighted by molar-refractivity contribution is -0.143. The van der Waals surface area contributed by atoms with Crippen molar-refractivity contribution in [2.24, 2.45) is 11.8 Å². The molecule has 1 aliphatic carbocycles. The van der Waals surface area contributed by atoms with Gasteiger partial charge in [0.2, 0.25) is 0 Å². The van der Waals surface area contributed by atoms with Crippen LogP contribution in [0.25, 0.3) is 0 Å². The molecule has 4 nitrogen and oxygen atoms in total. The second-order valence-corrected chi connectivity index (χ2v) is 5.18. The summed E-state index contributed by atoms with van der Waals surface area (Å²) in [5, 5.41) is 18.0. The van der Waals surface area contributed by atoms with Crippen molar-refractivity contribution in [3.05, 3.63) is 0 Å². The standard InChI is InChI=1S/C12H21NO3/c14-8-9-5-6-13(7-9)11-3-1-10(2-4-11)12(15)16/h9-11,14H,1-8H2,(H,15,16)/t9-,10?,11?/m0/s1. The summed E-state index contributed by atoms with van der Waals surface area (Å²) in [5.41, 5.74) is 0. The molecule has 16 heavy (non-hydrogen) atoms. The Balaban J connectivity index is 1.79. The zero-order chi connectivity index (χ0) is 11.5. The van der Waals surface area contributed by atoms with Gasteiger partial charge in [-0.3, -0.25) is 4.79 Å². The highest BCUT2D eigenvalue weighted by molar-refractivity contribution is 5.70. The molecule has 2 aliphatic rings. The van der Waals surface area contributed by atoms with E-state index >= 15 is 0 Å². The molecule has 0 radical (unpaired) electrons. The van der Waals surface area contributed by atoms with Gasteiger partial charge in [0.25, 0.3) is 0 Å². The number of hydrogen-bond acceptors (Lipinski definition) is 3. The second kappa shape index (κ2) is 5.15. The Morgan fingerprint density at radius 3 is 2.38 bits per heavy atom. The monoisotopic (exact) mass is 227 g/mol. The van der Waals surface area contributed by atoms with Crippen molar-refractivity contribution < 1.29 is 15.0 Å². The molecule has 1 saturated heterocycles. The summed E-state index contributed by atoms with van der Waals surface area (Å²) < 4.78 is 0. The van der Waals surface area contributed by atoms with E-state index in [1.165, 1.54) is 0 Å². The van der Waals surface area contributed by atoms with Crippen LogP contribution in [0.4, 0.5) is 0 Å². The Bertz CT molecular complexity index is 249. The van der Waals surface area contributed by atoms with Crippen molar-refractivity contribution in [3.63, 3.8) is 0 Å². The van der Waals surface area contributed by atoms with Crippen molar-refractivity contribution in [1.29, 1.82) is 0 Å². The molecular weight excluding hydrogens is 206 g/mol. The van der Waals surface area contributed by atoms with Gasteiger partial charge in [-0.25, -0.2) is 0 Å². The van der Waals surface area contributed by atoms with E-state index in [2.05, 4.69) is 4.90 Å². The van der Waals surface area contributed by atoms with E-state index in [0.717, 1.165) is 45.2 Å². The smallest absolute Gasteiger partial charge is 0.306 e. The maximum atomic E-state index is 10.8. The topological polar surface area (TPSA) is 60.8 Å². The SMILES string of the molecule is O=C(O)C1CCC(N2CC[C@H](CO)C2)CC1. The highest BCUT2D eigenvalue weighted by Crippen LogP contribution is 2.30. The maximum absolute atomic E-state index is 10.8. The van der Waals surface area contributed by atoms with Gasteiger partial charge < -0.3 is 15.1 Å². The largest absolute Gasteiger partial charge is 0.481 e. The van der Waals surface area contributed by atoms with E-state index in [9.17, 15) is 4.79 Å². The number of rotatable bonds is 3. The molecule has 2 rings (SSSR count). The molecule has 0 unspecified atom stereocenters. The number of nitrogens with zero attached hydrogens (tertiary/aromatic N) is 1. The second-order valence-electron chi connectivity index (χ2n) is 5.18. The molecule has 1 aliphatic heterocycles. The van der Waals surface area contributed by atoms with Gasteiger partial charge in [-0.05, 0) is 44.6 Å². The van der Waals surface area contributed by atoms with Gasteiger partial charge in [0, 0.05) is 19.2 Å². The fraction of sp³-hybridized carbons (Fsp3) is 0.917. The number of carboxylic acid groups (broad SMARTS) is 1. The number of carbonyl (C=O) groups is 1. The summed E-state index contributed by atoms with van der Waals surface area (Å²) in [7, 11) is 0. The number of aliphatic hydroxyl groups excluding tert-OH is 1. The minimum atomic E-state index is -0.631. The predicted molar refractivity (Wildman–Crippen MR) is 60.1 cm³/mol. The average Bonchev–Trinajstić information content (AvgIpc) is 2.77. The normalized spacial score (nSPS) is 36.4. The molecule has 0 aromatic carbocycles. The Hall–Kier alpha value is -0.610. The maximum Gasteiger partial charge on any atom is 0.306 e. The third-order valence-corrected chi connectivity index (χ3v) is 4.14. The van der Waals surface area contributed by atoms with Crippen molar-refractivity contribution in [2.45, 2.75) is 38.1 Å². The zero-order valence-electron chi connectivity index (χ0n) is 9.64. The summed E-state index contributed by atoms with van der Waals surface area (Å²) in [4.78, 5) is 13.3. The lowest BCUT2D eigenvalue weighted by Gasteiger charge is -2.33. The first kappa shape index (κ1) is 11.9. The zero-order valence-corrected chi connectivity index (χ0v) is 9.64. The van der Waals surface area contributed by atoms with Crippen LogP contribution in [0, 0.1) is 11.8 Å². The van der Waals surface area contributed by atoms with E-state index in [-0.39, 0.29) is 5.92 Å². The lowest BCUT2D eigenvalue weighted by atomic mass is 9.85. The van der Waals surface area contributed by atoms with Gasteiger partial charge in [0.05, 0.1) is 5.92 Å². The number of hydrogen-bond donors (Lipinski definition) is 2. The summed E-state index contributed by atoms with van der Waals surface area (Å²) in [5.74, 6) is -0.308. The Morgan fingerprint density at radius 2 is 1.88 bits per heavy atom. The molecule has 2 fully saturated rings. The first-order valence-electron chi connectivity index (χ1n) is 6.28. The van der Waals surface area contributed by atoms with Crippen molar-refractivity contribution in [3.8, 4) is 0 Å². The molecular formula is C12H21NO3. The van der Waals surface area contributed by atoms with Crippen molar-refractivity contribution in [1.82, 2.24) is 4.90 Å². The van der Waals surface area contributed by atoms with Gasteiger partial charge in [0.15, 0.2) is 0 Å². The van der Waals surface area contributed by atoms with Gasteiger partial charge in [-0.2, -0.15) is 0 Å². The van der Waals surface area contributed by atoms with Gasteiger partial charge in [-0.15, -0.1) is 0 Å². The fourth-order valence-electron chi connectivity index (χ4n) is 3.03. The lowest BCUT2D eigenvalue weighted by Crippen LogP contribution is -2.37. The van der Waals surface area contributed by atoms with Crippen LogP contribution in [0.1, 0.15) is 32.1 Å². The van der Waals surface area contributed by atoms with Crippen LogP contribution < -0.4 is 0 Å². The summed E-state index contributed by atoms with van der Waals surface area (Å²) in [6.07, 6.45) is 4.75. The quantitative estimate of drug-likeness (QED) is 0.753. The van der Waals surface area contributed by atoms with Crippen LogP contribution in [0.3, 0.4) is 0 Å². The van der Waals surface area contributed by atoms with Crippen molar-refractivity contribution in [2.75, 3.05) is 19.7 Å². The van der Waals surface area contributed by atoms with E-state index in [0.29, 0.717) is 18.6 Å². The first-order valence-corrected chi connectivity index (χ1v) is 6.28. The first-order chi connectivity index (χ1) is 7.70. The Morgan fingerprint density at radius 1 is 1.19 bits per heavy atom. The van der Waals surface area contributed by atoms with E-state index in [4.69, 9.17) is 10.2 Å². The van der Waals surface area contributed by atoms with Crippen LogP contribution in [-0.4, -0.2) is 46.8 Å². The van der Waals surface area contributed by atoms with Gasteiger partial charge >= 0.3 is 5.97 Å². The molecule has 92 valence electrons. The summed E-state index contributed by atoms with van der Waals surface area (Å²) in [6.45, 7) is 2.37. The molecule has 2 N–H and O–H groups in total. The molecule has 0 aromatic rings. The Labute approximate surface area is 96.3 Å². The highest BCUT2D eigenvalue weighted by Gasteiger charge is 2.32. The van der Waals surface area contributed by atoms with E-state index in [1.807, 2.05) is 0 Å². The molecule has 0 aromatic heterocycles. The van der Waals surface area contributed by atoms with E-state index in [1.54, 1.807) is 0 Å². The third-order valence-electron chi connectivity index (χ3n) is 4.14. The Kier molecular flexibility index (Phi) is 3.82. The molecule has 1 heterocycles. The van der Waals surface area contributed by atoms with Crippen LogP contribution in [0.15, 0.2) is 0 Å². The molecule has 0 amide bonds. The average molecular weight is 227 g/mol.